The van der Waals surface area contributed by atoms with Crippen molar-refractivity contribution in [2.24, 2.45) is 0 Å². The lowest BCUT2D eigenvalue weighted by atomic mass is 9.88. The summed E-state index contributed by atoms with van der Waals surface area (Å²) in [5, 5.41) is 11.7. The zero-order valence-corrected chi connectivity index (χ0v) is 16.5. The first-order valence-electron chi connectivity index (χ1n) is 9.58. The number of halogens is 1. The van der Waals surface area contributed by atoms with Gasteiger partial charge < -0.3 is 5.11 Å². The molecule has 0 fully saturated rings. The summed E-state index contributed by atoms with van der Waals surface area (Å²) in [6.07, 6.45) is 7.17. The van der Waals surface area contributed by atoms with E-state index in [4.69, 9.17) is 11.6 Å². The molecule has 0 radical (unpaired) electrons. The van der Waals surface area contributed by atoms with Gasteiger partial charge in [0.1, 0.15) is 0 Å². The molecule has 1 N–H and O–H groups in total. The first-order chi connectivity index (χ1) is 12.7. The van der Waals surface area contributed by atoms with Crippen LogP contribution < -0.4 is 0 Å². The van der Waals surface area contributed by atoms with Crippen molar-refractivity contribution >= 4 is 11.6 Å². The lowest BCUT2D eigenvalue weighted by Gasteiger charge is -2.20. The SMILES string of the molecule is CCCCCC(=C=CC(c1ccccc1)C(O)c1ccc(Cl)cc1)CC. The summed E-state index contributed by atoms with van der Waals surface area (Å²) in [6.45, 7) is 4.40. The zero-order chi connectivity index (χ0) is 18.8. The van der Waals surface area contributed by atoms with Gasteiger partial charge in [-0.1, -0.05) is 80.8 Å². The predicted molar refractivity (Wildman–Crippen MR) is 112 cm³/mol. The second-order valence-corrected chi connectivity index (χ2v) is 7.09. The minimum atomic E-state index is -0.629. The molecule has 0 aliphatic heterocycles. The van der Waals surface area contributed by atoms with Crippen LogP contribution in [-0.4, -0.2) is 5.11 Å². The van der Waals surface area contributed by atoms with Crippen LogP contribution in [0, 0.1) is 0 Å². The average molecular weight is 369 g/mol. The zero-order valence-electron chi connectivity index (χ0n) is 15.8. The second kappa shape index (κ2) is 11.0. The van der Waals surface area contributed by atoms with Crippen molar-refractivity contribution in [1.29, 1.82) is 0 Å². The molecule has 2 unspecified atom stereocenters. The van der Waals surface area contributed by atoms with Crippen LogP contribution in [0.3, 0.4) is 0 Å². The third-order valence-corrected chi connectivity index (χ3v) is 4.96. The third-order valence-electron chi connectivity index (χ3n) is 4.71. The lowest BCUT2D eigenvalue weighted by Crippen LogP contribution is -2.08. The monoisotopic (exact) mass is 368 g/mol. The smallest absolute Gasteiger partial charge is 0.0899 e. The molecule has 2 heteroatoms. The number of benzene rings is 2. The molecule has 0 aliphatic carbocycles. The Morgan fingerprint density at radius 2 is 1.69 bits per heavy atom. The van der Waals surface area contributed by atoms with Crippen LogP contribution in [0.4, 0.5) is 0 Å². The van der Waals surface area contributed by atoms with Crippen LogP contribution in [0.15, 0.2) is 72.0 Å². The van der Waals surface area contributed by atoms with E-state index in [9.17, 15) is 5.11 Å². The van der Waals surface area contributed by atoms with E-state index >= 15 is 0 Å². The summed E-state index contributed by atoms with van der Waals surface area (Å²) < 4.78 is 0. The number of hydrogen-bond donors (Lipinski definition) is 1. The van der Waals surface area contributed by atoms with Gasteiger partial charge in [0.2, 0.25) is 0 Å². The standard InChI is InChI=1S/C24H29ClO/c1-3-5-7-10-19(4-2)13-18-23(20-11-8-6-9-12-20)24(26)21-14-16-22(25)17-15-21/h6,8-9,11-12,14-18,23-24,26H,3-5,7,10H2,1-2H3. The van der Waals surface area contributed by atoms with Gasteiger partial charge in [-0.2, -0.15) is 0 Å². The highest BCUT2D eigenvalue weighted by Crippen LogP contribution is 2.32. The minimum absolute atomic E-state index is 0.134. The topological polar surface area (TPSA) is 20.2 Å². The molecule has 0 aromatic heterocycles. The maximum absolute atomic E-state index is 11.0. The van der Waals surface area contributed by atoms with E-state index in [1.165, 1.54) is 24.8 Å². The normalized spacial score (nSPS) is 12.9. The van der Waals surface area contributed by atoms with Crippen molar-refractivity contribution in [2.75, 3.05) is 0 Å². The molecular weight excluding hydrogens is 340 g/mol. The van der Waals surface area contributed by atoms with Crippen molar-refractivity contribution < 1.29 is 5.11 Å². The van der Waals surface area contributed by atoms with Crippen LogP contribution >= 0.6 is 11.6 Å². The van der Waals surface area contributed by atoms with Crippen LogP contribution in [0.1, 0.15) is 69.1 Å². The van der Waals surface area contributed by atoms with Crippen molar-refractivity contribution in [1.82, 2.24) is 0 Å². The Morgan fingerprint density at radius 3 is 2.31 bits per heavy atom. The van der Waals surface area contributed by atoms with Gasteiger partial charge in [0.25, 0.3) is 0 Å². The van der Waals surface area contributed by atoms with Gasteiger partial charge >= 0.3 is 0 Å². The first kappa shape index (κ1) is 20.5. The first-order valence-corrected chi connectivity index (χ1v) is 9.96. The Hall–Kier alpha value is -1.79. The van der Waals surface area contributed by atoms with Crippen LogP contribution in [0.25, 0.3) is 0 Å². The summed E-state index contributed by atoms with van der Waals surface area (Å²) in [5.41, 5.74) is 6.77. The van der Waals surface area contributed by atoms with Crippen molar-refractivity contribution in [2.45, 2.75) is 58.0 Å². The second-order valence-electron chi connectivity index (χ2n) is 6.66. The molecule has 0 heterocycles. The number of hydrogen-bond acceptors (Lipinski definition) is 1. The van der Waals surface area contributed by atoms with Crippen LogP contribution in [0.5, 0.6) is 0 Å². The Balaban J connectivity index is 2.32. The highest BCUT2D eigenvalue weighted by Gasteiger charge is 2.20. The molecule has 0 bridgehead atoms. The van der Waals surface area contributed by atoms with E-state index in [0.29, 0.717) is 5.02 Å². The number of rotatable bonds is 9. The van der Waals surface area contributed by atoms with Gasteiger partial charge in [-0.3, -0.25) is 0 Å². The molecule has 0 saturated carbocycles. The van der Waals surface area contributed by atoms with Crippen LogP contribution in [0.2, 0.25) is 5.02 Å². The van der Waals surface area contributed by atoms with E-state index in [2.05, 4.69) is 31.7 Å². The van der Waals surface area contributed by atoms with Crippen LogP contribution in [-0.2, 0) is 0 Å². The summed E-state index contributed by atoms with van der Waals surface area (Å²) in [6, 6.07) is 17.6. The fraction of sp³-hybridized carbons (Fsp3) is 0.375. The van der Waals surface area contributed by atoms with Crippen molar-refractivity contribution in [3.05, 3.63) is 88.1 Å². The van der Waals surface area contributed by atoms with Gasteiger partial charge in [-0.25, -0.2) is 0 Å². The van der Waals surface area contributed by atoms with Gasteiger partial charge in [-0.05, 0) is 54.2 Å². The number of aliphatic hydroxyl groups is 1. The minimum Gasteiger partial charge on any atom is -0.387 e. The quantitative estimate of drug-likeness (QED) is 0.365. The molecule has 1 nitrogen and oxygen atoms in total. The van der Waals surface area contributed by atoms with Gasteiger partial charge in [0.05, 0.1) is 6.10 Å². The fourth-order valence-electron chi connectivity index (χ4n) is 3.06. The molecule has 0 aliphatic rings. The lowest BCUT2D eigenvalue weighted by molar-refractivity contribution is 0.162. The maximum Gasteiger partial charge on any atom is 0.0899 e. The molecule has 0 spiro atoms. The van der Waals surface area contributed by atoms with Gasteiger partial charge in [0.15, 0.2) is 0 Å². The van der Waals surface area contributed by atoms with E-state index in [-0.39, 0.29) is 5.92 Å². The summed E-state index contributed by atoms with van der Waals surface area (Å²) in [7, 11) is 0. The third kappa shape index (κ3) is 6.18. The van der Waals surface area contributed by atoms with Gasteiger partial charge in [-0.15, -0.1) is 5.73 Å². The number of unbranched alkanes of at least 4 members (excludes halogenated alkanes) is 2. The molecule has 2 rings (SSSR count). The summed E-state index contributed by atoms with van der Waals surface area (Å²) >= 11 is 5.99. The molecule has 2 atom stereocenters. The Bertz CT molecular complexity index is 712. The summed E-state index contributed by atoms with van der Waals surface area (Å²) in [5.74, 6) is -0.134. The molecule has 26 heavy (non-hydrogen) atoms. The molecular formula is C24H29ClO. The molecule has 2 aromatic rings. The van der Waals surface area contributed by atoms with E-state index in [1.807, 2.05) is 48.5 Å². The Labute approximate surface area is 163 Å². The fourth-order valence-corrected chi connectivity index (χ4v) is 3.19. The number of aliphatic hydroxyl groups excluding tert-OH is 1. The molecule has 0 saturated heterocycles. The van der Waals surface area contributed by atoms with Crippen molar-refractivity contribution in [3.63, 3.8) is 0 Å². The Morgan fingerprint density at radius 1 is 1.00 bits per heavy atom. The Kier molecular flexibility index (Phi) is 8.71. The largest absolute Gasteiger partial charge is 0.387 e. The highest BCUT2D eigenvalue weighted by atomic mass is 35.5. The van der Waals surface area contributed by atoms with E-state index in [0.717, 1.165) is 24.0 Å². The van der Waals surface area contributed by atoms with E-state index < -0.39 is 6.10 Å². The van der Waals surface area contributed by atoms with Gasteiger partial charge in [0, 0.05) is 10.9 Å². The maximum atomic E-state index is 11.0. The van der Waals surface area contributed by atoms with E-state index in [1.54, 1.807) is 0 Å². The average Bonchev–Trinajstić information content (AvgIpc) is 2.68. The predicted octanol–water partition coefficient (Wildman–Crippen LogP) is 7.23. The molecule has 0 amide bonds. The molecule has 2 aromatic carbocycles. The molecule has 138 valence electrons. The highest BCUT2D eigenvalue weighted by molar-refractivity contribution is 6.30. The van der Waals surface area contributed by atoms with Crippen molar-refractivity contribution in [3.8, 4) is 0 Å². The summed E-state index contributed by atoms with van der Waals surface area (Å²) in [4.78, 5) is 0.